The van der Waals surface area contributed by atoms with Gasteiger partial charge in [0.1, 0.15) is 5.69 Å². The van der Waals surface area contributed by atoms with Crippen molar-refractivity contribution in [2.45, 2.75) is 19.5 Å². The van der Waals surface area contributed by atoms with Gasteiger partial charge in [-0.05, 0) is 18.6 Å². The molecule has 0 saturated heterocycles. The second kappa shape index (κ2) is 9.19. The lowest BCUT2D eigenvalue weighted by atomic mass is 10.2. The third kappa shape index (κ3) is 4.42. The fourth-order valence-electron chi connectivity index (χ4n) is 3.17. The number of nitro benzene ring substituents is 1. The summed E-state index contributed by atoms with van der Waals surface area (Å²) in [6, 6.07) is 14.6. The van der Waals surface area contributed by atoms with E-state index < -0.39 is 4.92 Å². The Morgan fingerprint density at radius 3 is 2.70 bits per heavy atom. The third-order valence-corrected chi connectivity index (χ3v) is 6.15. The van der Waals surface area contributed by atoms with Gasteiger partial charge in [-0.25, -0.2) is 9.98 Å². The molecule has 0 spiro atoms. The highest BCUT2D eigenvalue weighted by atomic mass is 79.9. The molecule has 9 heteroatoms. The standard InChI is InChI=1S/C21H18BrN5O2S/c22-17-7-2-1-6-16(17)20-14-30-21(24-18-8-3-4-9-19(18)27(28)29)26(20)12-5-11-25-13-10-23-15-25/h1-4,6-10,13-15H,5,11-12H2. The summed E-state index contributed by atoms with van der Waals surface area (Å²) in [7, 11) is 0. The second-order valence-corrected chi connectivity index (χ2v) is 8.24. The molecule has 0 aliphatic rings. The highest BCUT2D eigenvalue weighted by molar-refractivity contribution is 9.10. The molecule has 0 amide bonds. The molecule has 0 fully saturated rings. The summed E-state index contributed by atoms with van der Waals surface area (Å²) in [5.41, 5.74) is 2.43. The van der Waals surface area contributed by atoms with Crippen LogP contribution in [0.25, 0.3) is 11.3 Å². The normalized spacial score (nSPS) is 11.7. The lowest BCUT2D eigenvalue weighted by molar-refractivity contribution is -0.384. The maximum Gasteiger partial charge on any atom is 0.294 e. The van der Waals surface area contributed by atoms with Gasteiger partial charge in [-0.3, -0.25) is 10.1 Å². The molecule has 0 saturated carbocycles. The van der Waals surface area contributed by atoms with Crippen LogP contribution >= 0.6 is 27.3 Å². The number of hydrogen-bond acceptors (Lipinski definition) is 5. The molecular weight excluding hydrogens is 466 g/mol. The Labute approximate surface area is 185 Å². The number of nitro groups is 1. The van der Waals surface area contributed by atoms with Crippen molar-refractivity contribution in [3.8, 4) is 11.3 Å². The number of aromatic nitrogens is 3. The Kier molecular flexibility index (Phi) is 6.20. The molecule has 30 heavy (non-hydrogen) atoms. The number of aryl methyl sites for hydroxylation is 1. The van der Waals surface area contributed by atoms with Crippen LogP contribution in [0.2, 0.25) is 0 Å². The van der Waals surface area contributed by atoms with E-state index in [1.54, 1.807) is 30.7 Å². The monoisotopic (exact) mass is 483 g/mol. The van der Waals surface area contributed by atoms with Gasteiger partial charge >= 0.3 is 0 Å². The summed E-state index contributed by atoms with van der Waals surface area (Å²) in [5, 5.41) is 13.4. The number of nitrogens with zero attached hydrogens (tertiary/aromatic N) is 5. The molecule has 2 aromatic heterocycles. The molecular formula is C21H18BrN5O2S. The van der Waals surface area contributed by atoms with Crippen molar-refractivity contribution in [3.63, 3.8) is 0 Å². The van der Waals surface area contributed by atoms with Gasteiger partial charge in [-0.15, -0.1) is 11.3 Å². The Morgan fingerprint density at radius 2 is 1.93 bits per heavy atom. The number of halogens is 1. The largest absolute Gasteiger partial charge is 0.337 e. The van der Waals surface area contributed by atoms with Gasteiger partial charge in [-0.2, -0.15) is 0 Å². The number of rotatable bonds is 7. The van der Waals surface area contributed by atoms with Crippen LogP contribution in [0.15, 0.2) is 82.1 Å². The van der Waals surface area contributed by atoms with Crippen LogP contribution in [0.3, 0.4) is 0 Å². The van der Waals surface area contributed by atoms with Crippen molar-refractivity contribution in [1.29, 1.82) is 0 Å². The Hall–Kier alpha value is -3.04. The summed E-state index contributed by atoms with van der Waals surface area (Å²) in [5.74, 6) is 0. The number of imidazole rings is 1. The van der Waals surface area contributed by atoms with Crippen molar-refractivity contribution >= 4 is 38.6 Å². The maximum atomic E-state index is 11.4. The lowest BCUT2D eigenvalue weighted by Gasteiger charge is -2.11. The van der Waals surface area contributed by atoms with Crippen LogP contribution in [0.4, 0.5) is 11.4 Å². The Bertz CT molecular complexity index is 1230. The predicted molar refractivity (Wildman–Crippen MR) is 121 cm³/mol. The topological polar surface area (TPSA) is 78.2 Å². The minimum Gasteiger partial charge on any atom is -0.337 e. The minimum absolute atomic E-state index is 0.00157. The molecule has 0 atom stereocenters. The molecule has 7 nitrogen and oxygen atoms in total. The van der Waals surface area contributed by atoms with E-state index in [1.807, 2.05) is 40.4 Å². The van der Waals surface area contributed by atoms with Gasteiger partial charge in [0.15, 0.2) is 4.80 Å². The summed E-state index contributed by atoms with van der Waals surface area (Å²) in [6.45, 7) is 1.54. The molecule has 0 radical (unpaired) electrons. The van der Waals surface area contributed by atoms with Crippen molar-refractivity contribution < 1.29 is 4.92 Å². The van der Waals surface area contributed by atoms with E-state index in [0.29, 0.717) is 5.69 Å². The van der Waals surface area contributed by atoms with Crippen molar-refractivity contribution in [2.24, 2.45) is 4.99 Å². The average molecular weight is 484 g/mol. The second-order valence-electron chi connectivity index (χ2n) is 6.55. The Balaban J connectivity index is 1.77. The first kappa shape index (κ1) is 20.2. The molecule has 4 rings (SSSR count). The van der Waals surface area contributed by atoms with E-state index in [2.05, 4.69) is 30.5 Å². The van der Waals surface area contributed by atoms with Crippen LogP contribution in [0.5, 0.6) is 0 Å². The van der Waals surface area contributed by atoms with E-state index in [1.165, 1.54) is 17.4 Å². The fraction of sp³-hybridized carbons (Fsp3) is 0.143. The summed E-state index contributed by atoms with van der Waals surface area (Å²) in [4.78, 5) is 20.5. The molecule has 2 heterocycles. The lowest BCUT2D eigenvalue weighted by Crippen LogP contribution is -2.17. The smallest absolute Gasteiger partial charge is 0.294 e. The van der Waals surface area contributed by atoms with Gasteiger partial charge in [0.25, 0.3) is 5.69 Å². The maximum absolute atomic E-state index is 11.4. The van der Waals surface area contributed by atoms with Crippen LogP contribution in [0, 0.1) is 10.1 Å². The molecule has 0 bridgehead atoms. The zero-order valence-electron chi connectivity index (χ0n) is 15.9. The van der Waals surface area contributed by atoms with Gasteiger partial charge in [0, 0.05) is 47.0 Å². The summed E-state index contributed by atoms with van der Waals surface area (Å²) in [6.07, 6.45) is 6.37. The van der Waals surface area contributed by atoms with Crippen LogP contribution < -0.4 is 4.80 Å². The number of thiazole rings is 1. The third-order valence-electron chi connectivity index (χ3n) is 4.60. The van der Waals surface area contributed by atoms with Crippen molar-refractivity contribution in [2.75, 3.05) is 0 Å². The first-order valence-electron chi connectivity index (χ1n) is 9.30. The number of benzene rings is 2. The summed E-state index contributed by atoms with van der Waals surface area (Å²) < 4.78 is 5.14. The zero-order valence-corrected chi connectivity index (χ0v) is 18.3. The highest BCUT2D eigenvalue weighted by Crippen LogP contribution is 2.30. The van der Waals surface area contributed by atoms with Crippen LogP contribution in [0.1, 0.15) is 6.42 Å². The van der Waals surface area contributed by atoms with E-state index >= 15 is 0 Å². The van der Waals surface area contributed by atoms with Crippen molar-refractivity contribution in [3.05, 3.63) is 92.0 Å². The molecule has 0 unspecified atom stereocenters. The molecule has 2 aromatic carbocycles. The molecule has 4 aromatic rings. The van der Waals surface area contributed by atoms with E-state index in [-0.39, 0.29) is 5.69 Å². The number of hydrogen-bond donors (Lipinski definition) is 0. The quantitative estimate of drug-likeness (QED) is 0.260. The Morgan fingerprint density at radius 1 is 1.13 bits per heavy atom. The fourth-order valence-corrected chi connectivity index (χ4v) is 4.59. The van der Waals surface area contributed by atoms with Crippen LogP contribution in [-0.2, 0) is 13.1 Å². The SMILES string of the molecule is O=[N+]([O-])c1ccccc1N=c1scc(-c2ccccc2Br)n1CCCn1ccnc1. The van der Waals surface area contributed by atoms with Crippen molar-refractivity contribution in [1.82, 2.24) is 14.1 Å². The van der Waals surface area contributed by atoms with Gasteiger partial charge in [0.05, 0.1) is 16.9 Å². The highest BCUT2D eigenvalue weighted by Gasteiger charge is 2.14. The summed E-state index contributed by atoms with van der Waals surface area (Å²) >= 11 is 5.11. The van der Waals surface area contributed by atoms with Gasteiger partial charge in [-0.1, -0.05) is 46.3 Å². The first-order chi connectivity index (χ1) is 14.6. The molecule has 152 valence electrons. The minimum atomic E-state index is -0.398. The van der Waals surface area contributed by atoms with E-state index in [0.717, 1.165) is 40.0 Å². The average Bonchev–Trinajstić information content (AvgIpc) is 3.39. The van der Waals surface area contributed by atoms with Gasteiger partial charge < -0.3 is 9.13 Å². The molecule has 0 N–H and O–H groups in total. The molecule has 0 aliphatic heterocycles. The van der Waals surface area contributed by atoms with Gasteiger partial charge in [0.2, 0.25) is 0 Å². The predicted octanol–water partition coefficient (Wildman–Crippen LogP) is 5.41. The molecule has 0 aliphatic carbocycles. The van der Waals surface area contributed by atoms with E-state index in [9.17, 15) is 10.1 Å². The number of para-hydroxylation sites is 2. The van der Waals surface area contributed by atoms with E-state index in [4.69, 9.17) is 0 Å². The van der Waals surface area contributed by atoms with Crippen LogP contribution in [-0.4, -0.2) is 19.0 Å². The zero-order chi connectivity index (χ0) is 20.9. The first-order valence-corrected chi connectivity index (χ1v) is 11.0.